The average Bonchev–Trinajstić information content (AvgIpc) is 2.36. The normalized spacial score (nSPS) is 12.6. The van der Waals surface area contributed by atoms with Crippen LogP contribution < -0.4 is 5.32 Å². The van der Waals surface area contributed by atoms with Crippen LogP contribution in [0.5, 0.6) is 0 Å². The smallest absolute Gasteiger partial charge is 0.382 e. The van der Waals surface area contributed by atoms with Crippen LogP contribution in [0, 0.1) is 10.1 Å². The van der Waals surface area contributed by atoms with E-state index in [4.69, 9.17) is 16.7 Å². The highest BCUT2D eigenvalue weighted by Gasteiger charge is 2.39. The summed E-state index contributed by atoms with van der Waals surface area (Å²) in [7, 11) is 1.05. The summed E-state index contributed by atoms with van der Waals surface area (Å²) in [6, 6.07) is 2.37. The Morgan fingerprint density at radius 3 is 2.59 bits per heavy atom. The molecule has 0 aliphatic carbocycles. The highest BCUT2D eigenvalue weighted by Crippen LogP contribution is 2.27. The van der Waals surface area contributed by atoms with Crippen LogP contribution in [0.1, 0.15) is 0 Å². The Morgan fingerprint density at radius 2 is 2.14 bits per heavy atom. The predicted octanol–water partition coefficient (Wildman–Crippen LogP) is 2.64. The fourth-order valence-electron chi connectivity index (χ4n) is 1.40. The maximum atomic E-state index is 12.2. The molecule has 22 heavy (non-hydrogen) atoms. The van der Waals surface area contributed by atoms with Crippen LogP contribution in [0.2, 0.25) is 5.02 Å². The molecule has 0 saturated heterocycles. The van der Waals surface area contributed by atoms with Crippen molar-refractivity contribution >= 4 is 29.0 Å². The number of anilines is 1. The number of aliphatic hydroxyl groups excluding tert-OH is 1. The fourth-order valence-corrected chi connectivity index (χ4v) is 1.65. The third-order valence-corrected chi connectivity index (χ3v) is 2.87. The van der Waals surface area contributed by atoms with Crippen LogP contribution in [-0.2, 0) is 0 Å². The second-order valence-electron chi connectivity index (χ2n) is 4.29. The number of urea groups is 1. The van der Waals surface area contributed by atoms with Gasteiger partial charge in [0.25, 0.3) is 5.69 Å². The molecule has 0 unspecified atom stereocenters. The summed E-state index contributed by atoms with van der Waals surface area (Å²) in [5, 5.41) is 21.4. The number of nitrogens with zero attached hydrogens (tertiary/aromatic N) is 2. The zero-order chi connectivity index (χ0) is 17.1. The summed E-state index contributed by atoms with van der Waals surface area (Å²) in [6.07, 6.45) is -7.52. The number of nitrogens with one attached hydrogen (secondary N) is 1. The molecule has 1 rings (SSSR count). The van der Waals surface area contributed by atoms with Gasteiger partial charge < -0.3 is 15.3 Å². The minimum absolute atomic E-state index is 0.0638. The number of carbonyl (C=O) groups excluding carboxylic acids is 1. The summed E-state index contributed by atoms with van der Waals surface area (Å²) in [5.74, 6) is 0. The van der Waals surface area contributed by atoms with Crippen molar-refractivity contribution in [3.05, 3.63) is 33.3 Å². The van der Waals surface area contributed by atoms with Crippen molar-refractivity contribution in [3.63, 3.8) is 0 Å². The average molecular weight is 342 g/mol. The molecule has 0 aliphatic rings. The van der Waals surface area contributed by atoms with Gasteiger partial charge in [-0.1, -0.05) is 11.6 Å². The molecule has 0 spiro atoms. The number of nitro benzene ring substituents is 1. The molecule has 0 aromatic heterocycles. The molecule has 0 saturated carbocycles. The number of nitro groups is 1. The van der Waals surface area contributed by atoms with Gasteiger partial charge in [-0.05, 0) is 12.1 Å². The number of carbonyl (C=O) groups is 1. The number of rotatable bonds is 4. The van der Waals surface area contributed by atoms with E-state index >= 15 is 0 Å². The van der Waals surface area contributed by atoms with E-state index < -0.39 is 29.8 Å². The molecule has 11 heteroatoms. The lowest BCUT2D eigenvalue weighted by Gasteiger charge is -2.22. The van der Waals surface area contributed by atoms with Gasteiger partial charge in [-0.3, -0.25) is 10.1 Å². The number of benzene rings is 1. The first-order valence-corrected chi connectivity index (χ1v) is 6.11. The van der Waals surface area contributed by atoms with Crippen LogP contribution in [0.3, 0.4) is 0 Å². The summed E-state index contributed by atoms with van der Waals surface area (Å²) < 4.78 is 36.5. The lowest BCUT2D eigenvalue weighted by molar-refractivity contribution is -0.384. The monoisotopic (exact) mass is 341 g/mol. The topological polar surface area (TPSA) is 95.7 Å². The first kappa shape index (κ1) is 18.0. The van der Waals surface area contributed by atoms with Crippen molar-refractivity contribution in [3.8, 4) is 0 Å². The maximum Gasteiger partial charge on any atom is 0.416 e. The van der Waals surface area contributed by atoms with Gasteiger partial charge >= 0.3 is 12.2 Å². The van der Waals surface area contributed by atoms with E-state index in [1.807, 2.05) is 0 Å². The summed E-state index contributed by atoms with van der Waals surface area (Å²) >= 11 is 5.64. The van der Waals surface area contributed by atoms with Gasteiger partial charge in [0.1, 0.15) is 5.02 Å². The largest absolute Gasteiger partial charge is 0.416 e. The molecule has 122 valence electrons. The molecule has 1 aromatic carbocycles. The van der Waals surface area contributed by atoms with Gasteiger partial charge in [-0.15, -0.1) is 0 Å². The van der Waals surface area contributed by atoms with Crippen molar-refractivity contribution in [2.75, 3.05) is 18.9 Å². The Kier molecular flexibility index (Phi) is 5.55. The Labute approximate surface area is 127 Å². The van der Waals surface area contributed by atoms with E-state index in [9.17, 15) is 28.1 Å². The van der Waals surface area contributed by atoms with Crippen molar-refractivity contribution in [2.24, 2.45) is 0 Å². The third-order valence-electron chi connectivity index (χ3n) is 2.57. The van der Waals surface area contributed by atoms with Gasteiger partial charge in [-0.25, -0.2) is 4.79 Å². The second kappa shape index (κ2) is 6.79. The summed E-state index contributed by atoms with van der Waals surface area (Å²) in [6.45, 7) is -0.962. The van der Waals surface area contributed by atoms with E-state index in [1.165, 1.54) is 6.07 Å². The molecule has 7 nitrogen and oxygen atoms in total. The zero-order valence-corrected chi connectivity index (χ0v) is 11.9. The molecule has 0 aliphatic heterocycles. The number of hydrogen-bond acceptors (Lipinski definition) is 4. The molecule has 2 N–H and O–H groups in total. The van der Waals surface area contributed by atoms with Gasteiger partial charge in [0.05, 0.1) is 11.5 Å². The van der Waals surface area contributed by atoms with E-state index in [0.717, 1.165) is 19.2 Å². The van der Waals surface area contributed by atoms with Crippen LogP contribution in [-0.4, -0.2) is 46.8 Å². The number of likely N-dealkylation sites (N-methyl/N-ethyl adjacent to an activating group) is 1. The van der Waals surface area contributed by atoms with Crippen molar-refractivity contribution < 1.29 is 28.0 Å². The standard InChI is InChI=1S/C11H11ClF3N3O4/c1-17(5-9(19)11(13,14)15)10(20)16-6-2-3-8(18(21)22)7(12)4-6/h2-4,9,19H,5H2,1H3,(H,16,20)/t9-/m1/s1. The highest BCUT2D eigenvalue weighted by molar-refractivity contribution is 6.33. The molecular weight excluding hydrogens is 331 g/mol. The quantitative estimate of drug-likeness (QED) is 0.650. The van der Waals surface area contributed by atoms with Crippen LogP contribution in [0.15, 0.2) is 18.2 Å². The van der Waals surface area contributed by atoms with Crippen LogP contribution >= 0.6 is 11.6 Å². The first-order chi connectivity index (χ1) is 10.0. The number of alkyl halides is 3. The summed E-state index contributed by atoms with van der Waals surface area (Å²) in [4.78, 5) is 22.1. The van der Waals surface area contributed by atoms with Gasteiger partial charge in [0.15, 0.2) is 6.10 Å². The van der Waals surface area contributed by atoms with Crippen molar-refractivity contribution in [2.45, 2.75) is 12.3 Å². The van der Waals surface area contributed by atoms with Gasteiger partial charge in [0.2, 0.25) is 0 Å². The lowest BCUT2D eigenvalue weighted by atomic mass is 10.3. The Morgan fingerprint density at radius 1 is 1.55 bits per heavy atom. The van der Waals surface area contributed by atoms with Gasteiger partial charge in [0, 0.05) is 18.8 Å². The Bertz CT molecular complexity index is 582. The highest BCUT2D eigenvalue weighted by atomic mass is 35.5. The van der Waals surface area contributed by atoms with E-state index in [-0.39, 0.29) is 16.4 Å². The van der Waals surface area contributed by atoms with Crippen molar-refractivity contribution in [1.82, 2.24) is 4.90 Å². The van der Waals surface area contributed by atoms with Crippen LogP contribution in [0.25, 0.3) is 0 Å². The lowest BCUT2D eigenvalue weighted by Crippen LogP contribution is -2.43. The number of amides is 2. The Balaban J connectivity index is 2.72. The molecular formula is C11H11ClF3N3O4. The van der Waals surface area contributed by atoms with Crippen LogP contribution in [0.4, 0.5) is 29.3 Å². The minimum atomic E-state index is -4.84. The molecule has 0 radical (unpaired) electrons. The first-order valence-electron chi connectivity index (χ1n) is 5.73. The maximum absolute atomic E-state index is 12.2. The van der Waals surface area contributed by atoms with E-state index in [2.05, 4.69) is 5.32 Å². The fraction of sp³-hybridized carbons (Fsp3) is 0.364. The molecule has 2 amide bonds. The molecule has 1 atom stereocenters. The SMILES string of the molecule is CN(C[C@@H](O)C(F)(F)F)C(=O)Nc1ccc([N+](=O)[O-])c(Cl)c1. The number of hydrogen-bond donors (Lipinski definition) is 2. The summed E-state index contributed by atoms with van der Waals surface area (Å²) in [5.41, 5.74) is -0.311. The van der Waals surface area contributed by atoms with Gasteiger partial charge in [-0.2, -0.15) is 13.2 Å². The number of aliphatic hydroxyl groups is 1. The predicted molar refractivity (Wildman–Crippen MR) is 71.8 cm³/mol. The second-order valence-corrected chi connectivity index (χ2v) is 4.70. The molecule has 1 aromatic rings. The van der Waals surface area contributed by atoms with E-state index in [0.29, 0.717) is 4.90 Å². The Hall–Kier alpha value is -2.07. The minimum Gasteiger partial charge on any atom is -0.382 e. The van der Waals surface area contributed by atoms with E-state index in [1.54, 1.807) is 0 Å². The number of halogens is 4. The zero-order valence-electron chi connectivity index (χ0n) is 11.1. The third kappa shape index (κ3) is 4.74. The molecule has 0 fully saturated rings. The molecule has 0 heterocycles. The molecule has 0 bridgehead atoms. The van der Waals surface area contributed by atoms with Crippen molar-refractivity contribution in [1.29, 1.82) is 0 Å².